The molecule has 2 aromatic carbocycles. The van der Waals surface area contributed by atoms with Gasteiger partial charge in [-0.2, -0.15) is 0 Å². The van der Waals surface area contributed by atoms with E-state index in [4.69, 9.17) is 9.47 Å². The molecule has 0 radical (unpaired) electrons. The zero-order chi connectivity index (χ0) is 16.8. The van der Waals surface area contributed by atoms with Crippen LogP contribution in [0.4, 0.5) is 0 Å². The summed E-state index contributed by atoms with van der Waals surface area (Å²) in [4.78, 5) is 12.6. The number of methoxy groups -OCH3 is 1. The van der Waals surface area contributed by atoms with Crippen LogP contribution in [0.25, 0.3) is 0 Å². The molecule has 0 aliphatic carbocycles. The average Bonchev–Trinajstić information content (AvgIpc) is 2.48. The summed E-state index contributed by atoms with van der Waals surface area (Å²) in [6.07, 6.45) is 0. The topological polar surface area (TPSA) is 35.5 Å². The van der Waals surface area contributed by atoms with Gasteiger partial charge >= 0.3 is 18.9 Å². The maximum atomic E-state index is 12.6. The van der Waals surface area contributed by atoms with Crippen LogP contribution in [-0.2, 0) is 4.74 Å². The molecule has 1 unspecified atom stereocenters. The number of carbonyl (C=O) groups excluding carboxylic acids is 1. The second-order valence-corrected chi connectivity index (χ2v) is 6.87. The molecule has 0 saturated carbocycles. The molecule has 0 N–H and O–H groups in total. The Morgan fingerprint density at radius 1 is 1.00 bits per heavy atom. The fourth-order valence-electron chi connectivity index (χ4n) is 2.61. The van der Waals surface area contributed by atoms with Crippen molar-refractivity contribution in [2.75, 3.05) is 20.3 Å². The number of hydrogen-bond acceptors (Lipinski definition) is 3. The normalized spacial score (nSPS) is 10.7. The van der Waals surface area contributed by atoms with Crippen molar-refractivity contribution in [3.63, 3.8) is 0 Å². The van der Waals surface area contributed by atoms with Gasteiger partial charge in [0.25, 0.3) is 0 Å². The van der Waals surface area contributed by atoms with Gasteiger partial charge in [-0.1, -0.05) is 29.8 Å². The molecule has 2 aromatic rings. The summed E-state index contributed by atoms with van der Waals surface area (Å²) in [6, 6.07) is 11.9. The second-order valence-electron chi connectivity index (χ2n) is 5.59. The number of aryl methyl sites for hydroxylation is 3. The van der Waals surface area contributed by atoms with E-state index in [1.54, 1.807) is 7.11 Å². The molecule has 3 nitrogen and oxygen atoms in total. The fourth-order valence-corrected chi connectivity index (χ4v) is 3.72. The van der Waals surface area contributed by atoms with Gasteiger partial charge in [0.05, 0.1) is 6.61 Å². The Bertz CT molecular complexity index is 661. The molecular weight excluding hydrogens is 314 g/mol. The predicted octanol–water partition coefficient (Wildman–Crippen LogP) is 3.13. The van der Waals surface area contributed by atoms with Crippen LogP contribution in [0, 0.1) is 20.8 Å². The van der Waals surface area contributed by atoms with Crippen LogP contribution in [0.2, 0.25) is 0 Å². The molecule has 0 fully saturated rings. The monoisotopic (exact) mass is 338 g/mol. The first-order chi connectivity index (χ1) is 11.0. The quantitative estimate of drug-likeness (QED) is 0.442. The molecule has 0 bridgehead atoms. The van der Waals surface area contributed by atoms with Gasteiger partial charge in [-0.3, -0.25) is 4.79 Å². The van der Waals surface area contributed by atoms with E-state index < -0.39 is 0 Å². The third kappa shape index (κ3) is 5.76. The van der Waals surface area contributed by atoms with Crippen molar-refractivity contribution in [3.8, 4) is 5.75 Å². The fraction of sp³-hybridized carbons (Fsp3) is 0.316. The third-order valence-corrected chi connectivity index (χ3v) is 4.67. The van der Waals surface area contributed by atoms with Crippen LogP contribution >= 0.6 is 8.58 Å². The van der Waals surface area contributed by atoms with Gasteiger partial charge in [0, 0.05) is 12.7 Å². The molecule has 0 aliphatic heterocycles. The summed E-state index contributed by atoms with van der Waals surface area (Å²) < 4.78 is 10.5. The molecule has 124 valence electrons. The minimum atomic E-state index is 0. The van der Waals surface area contributed by atoms with Crippen LogP contribution in [0.15, 0.2) is 36.4 Å². The molecule has 2 rings (SSSR count). The summed E-state index contributed by atoms with van der Waals surface area (Å²) in [5.74, 6) is 0.797. The Balaban J connectivity index is 0.00000288. The molecule has 0 aliphatic rings. The van der Waals surface area contributed by atoms with Gasteiger partial charge < -0.3 is 9.47 Å². The standard InChI is InChI=1S/C19H23O3P.Li.H/c1-13-11-14(2)18(15(3)12-13)19(20)23-17-7-5-16(6-8-17)22-10-9-21-4;;/h5-8,11-12,23H,9-10H2,1-4H3;;. The Morgan fingerprint density at radius 2 is 1.58 bits per heavy atom. The van der Waals surface area contributed by atoms with Crippen LogP contribution in [0.1, 0.15) is 27.0 Å². The summed E-state index contributed by atoms with van der Waals surface area (Å²) in [7, 11) is 1.77. The van der Waals surface area contributed by atoms with Gasteiger partial charge in [-0.25, -0.2) is 0 Å². The van der Waals surface area contributed by atoms with Crippen LogP contribution in [0.5, 0.6) is 5.75 Å². The Morgan fingerprint density at radius 3 is 2.12 bits per heavy atom. The molecule has 0 heterocycles. The second kappa shape index (κ2) is 10.0. The van der Waals surface area contributed by atoms with E-state index >= 15 is 0 Å². The van der Waals surface area contributed by atoms with Gasteiger partial charge in [-0.05, 0) is 57.9 Å². The number of benzene rings is 2. The minimum absolute atomic E-state index is 0. The zero-order valence-electron chi connectivity index (χ0n) is 14.1. The number of hydrogen-bond donors (Lipinski definition) is 0. The molecular formula is C19H24LiO3P. The van der Waals surface area contributed by atoms with Crippen molar-refractivity contribution >= 4 is 38.3 Å². The third-order valence-electron chi connectivity index (χ3n) is 3.57. The van der Waals surface area contributed by atoms with Gasteiger partial charge in [0.15, 0.2) is 5.52 Å². The van der Waals surface area contributed by atoms with Crippen molar-refractivity contribution in [1.29, 1.82) is 0 Å². The van der Waals surface area contributed by atoms with E-state index in [9.17, 15) is 4.79 Å². The average molecular weight is 338 g/mol. The first kappa shape index (κ1) is 20.9. The van der Waals surface area contributed by atoms with E-state index in [1.807, 2.05) is 38.1 Å². The van der Waals surface area contributed by atoms with Crippen molar-refractivity contribution < 1.29 is 14.3 Å². The molecule has 1 atom stereocenters. The van der Waals surface area contributed by atoms with Crippen molar-refractivity contribution in [2.24, 2.45) is 0 Å². The summed E-state index contributed by atoms with van der Waals surface area (Å²) in [6.45, 7) is 7.15. The summed E-state index contributed by atoms with van der Waals surface area (Å²) >= 11 is 0. The number of ether oxygens (including phenoxy) is 2. The van der Waals surface area contributed by atoms with E-state index in [0.717, 1.165) is 27.7 Å². The van der Waals surface area contributed by atoms with Crippen LogP contribution < -0.4 is 10.0 Å². The van der Waals surface area contributed by atoms with E-state index in [1.165, 1.54) is 5.56 Å². The number of rotatable bonds is 7. The first-order valence-electron chi connectivity index (χ1n) is 7.62. The molecule has 24 heavy (non-hydrogen) atoms. The Hall–Kier alpha value is -1.10. The molecule has 0 amide bonds. The SMILES string of the molecule is COCCOc1ccc(PC(=O)c2c(C)cc(C)cc2C)cc1.[LiH]. The van der Waals surface area contributed by atoms with Crippen molar-refractivity contribution in [1.82, 2.24) is 0 Å². The van der Waals surface area contributed by atoms with Crippen LogP contribution in [-0.4, -0.2) is 44.7 Å². The van der Waals surface area contributed by atoms with E-state index in [2.05, 4.69) is 19.1 Å². The molecule has 0 aromatic heterocycles. The summed E-state index contributed by atoms with van der Waals surface area (Å²) in [5, 5.41) is 1.02. The molecule has 0 spiro atoms. The molecule has 0 saturated heterocycles. The van der Waals surface area contributed by atoms with Gasteiger partial charge in [-0.15, -0.1) is 0 Å². The van der Waals surface area contributed by atoms with Crippen molar-refractivity contribution in [2.45, 2.75) is 20.8 Å². The Labute approximate surface area is 158 Å². The first-order valence-corrected chi connectivity index (χ1v) is 8.62. The van der Waals surface area contributed by atoms with Crippen LogP contribution in [0.3, 0.4) is 0 Å². The predicted molar refractivity (Wildman–Crippen MR) is 104 cm³/mol. The zero-order valence-corrected chi connectivity index (χ0v) is 15.1. The van der Waals surface area contributed by atoms with Gasteiger partial charge in [0.1, 0.15) is 12.4 Å². The van der Waals surface area contributed by atoms with E-state index in [0.29, 0.717) is 13.2 Å². The molecule has 5 heteroatoms. The maximum absolute atomic E-state index is 12.6. The van der Waals surface area contributed by atoms with Crippen molar-refractivity contribution in [3.05, 3.63) is 58.7 Å². The van der Waals surface area contributed by atoms with Gasteiger partial charge in [0.2, 0.25) is 0 Å². The van der Waals surface area contributed by atoms with E-state index in [-0.39, 0.29) is 33.0 Å². The Kier molecular flexibility index (Phi) is 8.74. The number of carbonyl (C=O) groups is 1. The summed E-state index contributed by atoms with van der Waals surface area (Å²) in [5.41, 5.74) is 4.35.